The summed E-state index contributed by atoms with van der Waals surface area (Å²) in [5.41, 5.74) is 1.42. The molecule has 1 N–H and O–H groups in total. The molecule has 5 nitrogen and oxygen atoms in total. The van der Waals surface area contributed by atoms with Gasteiger partial charge in [-0.2, -0.15) is 0 Å². The largest absolute Gasteiger partial charge is 0.488 e. The number of hydrogen-bond donors (Lipinski definition) is 1. The number of nitrogens with zero attached hydrogens (tertiary/aromatic N) is 1. The van der Waals surface area contributed by atoms with Crippen LogP contribution in [0.5, 0.6) is 5.75 Å². The highest BCUT2D eigenvalue weighted by molar-refractivity contribution is 6.30. The minimum Gasteiger partial charge on any atom is -0.488 e. The fraction of sp³-hybridized carbons (Fsp3) is 0.222. The second-order valence-corrected chi connectivity index (χ2v) is 5.92. The third kappa shape index (κ3) is 3.86. The number of benzene rings is 2. The summed E-state index contributed by atoms with van der Waals surface area (Å²) in [6.45, 7) is 1.38. The minimum absolute atomic E-state index is 0.0738. The van der Waals surface area contributed by atoms with Gasteiger partial charge < -0.3 is 15.0 Å². The summed E-state index contributed by atoms with van der Waals surface area (Å²) in [5.74, 6) is 0.161. The second kappa shape index (κ2) is 7.36. The molecule has 0 radical (unpaired) electrons. The van der Waals surface area contributed by atoms with Gasteiger partial charge in [-0.3, -0.25) is 9.59 Å². The van der Waals surface area contributed by atoms with Gasteiger partial charge in [0.15, 0.2) is 0 Å². The van der Waals surface area contributed by atoms with E-state index in [4.69, 9.17) is 16.3 Å². The zero-order valence-electron chi connectivity index (χ0n) is 13.0. The molecule has 0 bridgehead atoms. The van der Waals surface area contributed by atoms with Gasteiger partial charge in [-0.15, -0.1) is 0 Å². The molecule has 2 aromatic rings. The molecule has 0 atom stereocenters. The maximum atomic E-state index is 12.7. The first-order valence-electron chi connectivity index (χ1n) is 7.66. The first-order valence-corrected chi connectivity index (χ1v) is 8.03. The Bertz CT molecular complexity index is 746. The Kier molecular flexibility index (Phi) is 5.01. The Morgan fingerprint density at radius 2 is 1.92 bits per heavy atom. The fourth-order valence-electron chi connectivity index (χ4n) is 2.49. The monoisotopic (exact) mass is 344 g/mol. The second-order valence-electron chi connectivity index (χ2n) is 5.49. The standard InChI is InChI=1S/C18H17ClN2O3/c19-14-7-5-13(6-8-14)12-24-16-4-2-1-3-15(16)18(23)21-10-9-20-17(22)11-21/h1-8H,9-12H2,(H,20,22). The van der Waals surface area contributed by atoms with Gasteiger partial charge in [-0.1, -0.05) is 35.9 Å². The lowest BCUT2D eigenvalue weighted by molar-refractivity contribution is -0.123. The van der Waals surface area contributed by atoms with Gasteiger partial charge >= 0.3 is 0 Å². The normalized spacial score (nSPS) is 14.2. The number of nitrogens with one attached hydrogen (secondary N) is 1. The van der Waals surface area contributed by atoms with Gasteiger partial charge in [0, 0.05) is 18.1 Å². The Morgan fingerprint density at radius 1 is 1.17 bits per heavy atom. The Hall–Kier alpha value is -2.53. The van der Waals surface area contributed by atoms with Gasteiger partial charge in [-0.25, -0.2) is 0 Å². The Labute approximate surface area is 145 Å². The van der Waals surface area contributed by atoms with Crippen LogP contribution in [0.3, 0.4) is 0 Å². The van der Waals surface area contributed by atoms with Crippen LogP contribution in [0.1, 0.15) is 15.9 Å². The molecule has 0 saturated carbocycles. The van der Waals surface area contributed by atoms with E-state index in [9.17, 15) is 9.59 Å². The number of amides is 2. The number of carbonyl (C=O) groups is 2. The Balaban J connectivity index is 1.73. The lowest BCUT2D eigenvalue weighted by Gasteiger charge is -2.27. The summed E-state index contributed by atoms with van der Waals surface area (Å²) in [7, 11) is 0. The maximum Gasteiger partial charge on any atom is 0.258 e. The Morgan fingerprint density at radius 3 is 2.67 bits per heavy atom. The molecule has 2 aromatic carbocycles. The molecule has 0 spiro atoms. The number of hydrogen-bond acceptors (Lipinski definition) is 3. The molecular weight excluding hydrogens is 328 g/mol. The van der Waals surface area contributed by atoms with Gasteiger partial charge in [0.25, 0.3) is 5.91 Å². The molecular formula is C18H17ClN2O3. The van der Waals surface area contributed by atoms with E-state index in [1.54, 1.807) is 30.3 Å². The van der Waals surface area contributed by atoms with Crippen molar-refractivity contribution in [3.63, 3.8) is 0 Å². The van der Waals surface area contributed by atoms with Crippen molar-refractivity contribution in [2.75, 3.05) is 19.6 Å². The van der Waals surface area contributed by atoms with E-state index in [1.807, 2.05) is 18.2 Å². The first-order chi connectivity index (χ1) is 11.6. The molecule has 0 aliphatic carbocycles. The highest BCUT2D eigenvalue weighted by atomic mass is 35.5. The smallest absolute Gasteiger partial charge is 0.258 e. The van der Waals surface area contributed by atoms with Crippen molar-refractivity contribution in [2.24, 2.45) is 0 Å². The highest BCUT2D eigenvalue weighted by Crippen LogP contribution is 2.22. The molecule has 3 rings (SSSR count). The summed E-state index contributed by atoms with van der Waals surface area (Å²) in [6.07, 6.45) is 0. The van der Waals surface area contributed by atoms with Crippen molar-refractivity contribution in [2.45, 2.75) is 6.61 Å². The quantitative estimate of drug-likeness (QED) is 0.927. The lowest BCUT2D eigenvalue weighted by Crippen LogP contribution is -2.50. The first kappa shape index (κ1) is 16.3. The van der Waals surface area contributed by atoms with E-state index in [0.717, 1.165) is 5.56 Å². The average molecular weight is 345 g/mol. The summed E-state index contributed by atoms with van der Waals surface area (Å²) in [4.78, 5) is 25.7. The van der Waals surface area contributed by atoms with Crippen molar-refractivity contribution < 1.29 is 14.3 Å². The van der Waals surface area contributed by atoms with Crippen LogP contribution < -0.4 is 10.1 Å². The van der Waals surface area contributed by atoms with E-state index >= 15 is 0 Å². The van der Waals surface area contributed by atoms with Crippen molar-refractivity contribution >= 4 is 23.4 Å². The zero-order valence-corrected chi connectivity index (χ0v) is 13.8. The van der Waals surface area contributed by atoms with Gasteiger partial charge in [0.1, 0.15) is 12.4 Å². The molecule has 2 amide bonds. The van der Waals surface area contributed by atoms with Crippen LogP contribution in [0.25, 0.3) is 0 Å². The van der Waals surface area contributed by atoms with Crippen molar-refractivity contribution in [1.29, 1.82) is 0 Å². The summed E-state index contributed by atoms with van der Waals surface area (Å²) < 4.78 is 5.81. The molecule has 1 saturated heterocycles. The lowest BCUT2D eigenvalue weighted by atomic mass is 10.1. The SMILES string of the molecule is O=C1CN(C(=O)c2ccccc2OCc2ccc(Cl)cc2)CCN1. The number of para-hydroxylation sites is 1. The molecule has 1 aliphatic rings. The molecule has 0 unspecified atom stereocenters. The number of piperazine rings is 1. The summed E-state index contributed by atoms with van der Waals surface area (Å²) >= 11 is 5.87. The third-order valence-electron chi connectivity index (χ3n) is 3.75. The van der Waals surface area contributed by atoms with E-state index in [0.29, 0.717) is 36.0 Å². The number of ether oxygens (including phenoxy) is 1. The van der Waals surface area contributed by atoms with Crippen LogP contribution in [0.15, 0.2) is 48.5 Å². The number of rotatable bonds is 4. The zero-order chi connectivity index (χ0) is 16.9. The van der Waals surface area contributed by atoms with Crippen LogP contribution in [0, 0.1) is 0 Å². The molecule has 0 aromatic heterocycles. The molecule has 24 heavy (non-hydrogen) atoms. The van der Waals surface area contributed by atoms with E-state index in [-0.39, 0.29) is 18.4 Å². The molecule has 6 heteroatoms. The topological polar surface area (TPSA) is 58.6 Å². The van der Waals surface area contributed by atoms with E-state index in [2.05, 4.69) is 5.32 Å². The van der Waals surface area contributed by atoms with Gasteiger partial charge in [-0.05, 0) is 29.8 Å². The summed E-state index contributed by atoms with van der Waals surface area (Å²) in [6, 6.07) is 14.4. The molecule has 1 heterocycles. The van der Waals surface area contributed by atoms with Crippen LogP contribution in [-0.4, -0.2) is 36.3 Å². The van der Waals surface area contributed by atoms with Gasteiger partial charge in [0.05, 0.1) is 12.1 Å². The maximum absolute atomic E-state index is 12.7. The summed E-state index contributed by atoms with van der Waals surface area (Å²) in [5, 5.41) is 3.37. The molecule has 1 fully saturated rings. The molecule has 1 aliphatic heterocycles. The van der Waals surface area contributed by atoms with Gasteiger partial charge in [0.2, 0.25) is 5.91 Å². The minimum atomic E-state index is -0.198. The van der Waals surface area contributed by atoms with Crippen molar-refractivity contribution in [3.05, 3.63) is 64.7 Å². The average Bonchev–Trinajstić information content (AvgIpc) is 2.61. The predicted octanol–water partition coefficient (Wildman–Crippen LogP) is 2.49. The van der Waals surface area contributed by atoms with Crippen LogP contribution in [-0.2, 0) is 11.4 Å². The van der Waals surface area contributed by atoms with Crippen LogP contribution in [0.4, 0.5) is 0 Å². The predicted molar refractivity (Wildman–Crippen MR) is 91.1 cm³/mol. The molecule has 124 valence electrons. The van der Waals surface area contributed by atoms with Crippen molar-refractivity contribution in [1.82, 2.24) is 10.2 Å². The van der Waals surface area contributed by atoms with Crippen LogP contribution >= 0.6 is 11.6 Å². The number of carbonyl (C=O) groups excluding carboxylic acids is 2. The number of halogens is 1. The fourth-order valence-corrected chi connectivity index (χ4v) is 2.62. The van der Waals surface area contributed by atoms with Crippen LogP contribution in [0.2, 0.25) is 5.02 Å². The third-order valence-corrected chi connectivity index (χ3v) is 4.00. The van der Waals surface area contributed by atoms with E-state index < -0.39 is 0 Å². The van der Waals surface area contributed by atoms with E-state index in [1.165, 1.54) is 4.90 Å². The highest BCUT2D eigenvalue weighted by Gasteiger charge is 2.24. The van der Waals surface area contributed by atoms with Crippen molar-refractivity contribution in [3.8, 4) is 5.75 Å².